The Kier molecular flexibility index (Phi) is 4.11. The molecule has 0 fully saturated rings. The fourth-order valence-electron chi connectivity index (χ4n) is 1.77. The van der Waals surface area contributed by atoms with Gasteiger partial charge in [0.05, 0.1) is 5.56 Å². The molecule has 0 aliphatic rings. The zero-order chi connectivity index (χ0) is 14.7. The Morgan fingerprint density at radius 3 is 2.55 bits per heavy atom. The number of carbonyl (C=O) groups is 1. The molecular weight excluding hydrogens is 276 g/mol. The predicted molar refractivity (Wildman–Crippen MR) is 79.3 cm³/mol. The van der Waals surface area contributed by atoms with E-state index in [2.05, 4.69) is 0 Å². The normalized spacial score (nSPS) is 10.9. The molecule has 0 aliphatic carbocycles. The van der Waals surface area contributed by atoms with Gasteiger partial charge in [-0.1, -0.05) is 23.2 Å². The molecule has 102 valence electrons. The van der Waals surface area contributed by atoms with Gasteiger partial charge in [0, 0.05) is 10.6 Å². The van der Waals surface area contributed by atoms with Crippen LogP contribution in [0.5, 0.6) is 11.5 Å². The summed E-state index contributed by atoms with van der Waals surface area (Å²) in [5.74, 6) is -0.418. The Hall–Kier alpha value is -2.26. The van der Waals surface area contributed by atoms with Crippen molar-refractivity contribution >= 4 is 23.5 Å². The Balaban J connectivity index is 2.29. The maximum atomic E-state index is 12.0. The minimum absolute atomic E-state index is 0.0926. The summed E-state index contributed by atoms with van der Waals surface area (Å²) in [7, 11) is 0. The molecule has 0 atom stereocenters. The smallest absolute Gasteiger partial charge is 0.189 e. The highest BCUT2D eigenvalue weighted by atomic mass is 35.5. The van der Waals surface area contributed by atoms with Crippen molar-refractivity contribution in [1.29, 1.82) is 0 Å². The molecule has 0 heterocycles. The van der Waals surface area contributed by atoms with Gasteiger partial charge in [-0.2, -0.15) is 0 Å². The van der Waals surface area contributed by atoms with Crippen molar-refractivity contribution in [2.45, 2.75) is 6.92 Å². The molecule has 0 saturated heterocycles. The lowest BCUT2D eigenvalue weighted by Crippen LogP contribution is -1.94. The first-order chi connectivity index (χ1) is 9.47. The second kappa shape index (κ2) is 5.80. The van der Waals surface area contributed by atoms with E-state index in [1.165, 1.54) is 30.4 Å². The molecule has 20 heavy (non-hydrogen) atoms. The number of allylic oxidation sites excluding steroid dienone is 1. The number of benzene rings is 2. The summed E-state index contributed by atoms with van der Waals surface area (Å²) in [6.07, 6.45) is 2.80. The highest BCUT2D eigenvalue weighted by molar-refractivity contribution is 6.31. The van der Waals surface area contributed by atoms with Crippen molar-refractivity contribution in [3.8, 4) is 11.5 Å². The van der Waals surface area contributed by atoms with Crippen LogP contribution in [0.3, 0.4) is 0 Å². The van der Waals surface area contributed by atoms with Gasteiger partial charge < -0.3 is 10.2 Å². The van der Waals surface area contributed by atoms with Gasteiger partial charge in [-0.05, 0) is 49.4 Å². The van der Waals surface area contributed by atoms with Crippen molar-refractivity contribution in [3.63, 3.8) is 0 Å². The second-order valence-electron chi connectivity index (χ2n) is 4.42. The minimum Gasteiger partial charge on any atom is -0.507 e. The Bertz CT molecular complexity index is 690. The standard InChI is InChI=1S/C16H13ClO3/c1-10-2-5-14(18)11(8-10)3-6-15(19)13-9-12(17)4-7-16(13)20/h2-9,18,20H,1H3/b6-3+. The molecule has 2 rings (SSSR count). The number of hydrogen-bond acceptors (Lipinski definition) is 3. The average Bonchev–Trinajstić information content (AvgIpc) is 2.42. The fourth-order valence-corrected chi connectivity index (χ4v) is 1.94. The van der Waals surface area contributed by atoms with Crippen LogP contribution in [0.2, 0.25) is 5.02 Å². The first kappa shape index (κ1) is 14.2. The number of rotatable bonds is 3. The van der Waals surface area contributed by atoms with Crippen molar-refractivity contribution in [2.75, 3.05) is 0 Å². The highest BCUT2D eigenvalue weighted by Gasteiger charge is 2.09. The zero-order valence-corrected chi connectivity index (χ0v) is 11.6. The lowest BCUT2D eigenvalue weighted by molar-refractivity contribution is 0.104. The van der Waals surface area contributed by atoms with E-state index in [0.717, 1.165) is 5.56 Å². The Labute approximate surface area is 121 Å². The van der Waals surface area contributed by atoms with E-state index in [0.29, 0.717) is 10.6 Å². The molecule has 0 amide bonds. The van der Waals surface area contributed by atoms with Crippen molar-refractivity contribution in [2.24, 2.45) is 0 Å². The molecule has 0 aliphatic heterocycles. The average molecular weight is 289 g/mol. The van der Waals surface area contributed by atoms with Crippen LogP contribution < -0.4 is 0 Å². The first-order valence-corrected chi connectivity index (χ1v) is 6.36. The van der Waals surface area contributed by atoms with E-state index in [4.69, 9.17) is 11.6 Å². The summed E-state index contributed by atoms with van der Waals surface area (Å²) in [5, 5.41) is 19.7. The summed E-state index contributed by atoms with van der Waals surface area (Å²) < 4.78 is 0. The molecule has 4 heteroatoms. The molecule has 2 aromatic rings. The Morgan fingerprint density at radius 1 is 1.10 bits per heavy atom. The van der Waals surface area contributed by atoms with Crippen LogP contribution >= 0.6 is 11.6 Å². The summed E-state index contributed by atoms with van der Waals surface area (Å²) in [6.45, 7) is 1.89. The van der Waals surface area contributed by atoms with Gasteiger partial charge >= 0.3 is 0 Å². The number of aryl methyl sites for hydroxylation is 1. The number of carbonyl (C=O) groups excluding carboxylic acids is 1. The molecule has 0 radical (unpaired) electrons. The summed E-state index contributed by atoms with van der Waals surface area (Å²) in [4.78, 5) is 12.0. The van der Waals surface area contributed by atoms with Crippen LogP contribution in [0.15, 0.2) is 42.5 Å². The van der Waals surface area contributed by atoms with Gasteiger partial charge in [0.2, 0.25) is 0 Å². The zero-order valence-electron chi connectivity index (χ0n) is 10.8. The lowest BCUT2D eigenvalue weighted by atomic mass is 10.1. The third-order valence-corrected chi connectivity index (χ3v) is 3.06. The van der Waals surface area contributed by atoms with Crippen LogP contribution in [-0.2, 0) is 0 Å². The van der Waals surface area contributed by atoms with Gasteiger partial charge in [-0.15, -0.1) is 0 Å². The van der Waals surface area contributed by atoms with Crippen LogP contribution in [-0.4, -0.2) is 16.0 Å². The summed E-state index contributed by atoms with van der Waals surface area (Å²) in [5.41, 5.74) is 1.64. The van der Waals surface area contributed by atoms with Crippen LogP contribution in [0.25, 0.3) is 6.08 Å². The van der Waals surface area contributed by atoms with Crippen molar-refractivity contribution < 1.29 is 15.0 Å². The number of ketones is 1. The van der Waals surface area contributed by atoms with Gasteiger partial charge in [0.25, 0.3) is 0 Å². The molecule has 0 unspecified atom stereocenters. The fraction of sp³-hybridized carbons (Fsp3) is 0.0625. The number of hydrogen-bond donors (Lipinski definition) is 2. The molecule has 0 aromatic heterocycles. The summed E-state index contributed by atoms with van der Waals surface area (Å²) >= 11 is 5.80. The van der Waals surface area contributed by atoms with Crippen molar-refractivity contribution in [1.82, 2.24) is 0 Å². The van der Waals surface area contributed by atoms with Gasteiger partial charge in [-0.3, -0.25) is 4.79 Å². The molecule has 0 saturated carbocycles. The monoisotopic (exact) mass is 288 g/mol. The minimum atomic E-state index is -0.383. The van der Waals surface area contributed by atoms with E-state index >= 15 is 0 Å². The van der Waals surface area contributed by atoms with E-state index in [-0.39, 0.29) is 22.8 Å². The van der Waals surface area contributed by atoms with Crippen molar-refractivity contribution in [3.05, 3.63) is 64.2 Å². The third-order valence-electron chi connectivity index (χ3n) is 2.82. The van der Waals surface area contributed by atoms with Gasteiger partial charge in [0.15, 0.2) is 5.78 Å². The molecule has 2 N–H and O–H groups in total. The lowest BCUT2D eigenvalue weighted by Gasteiger charge is -2.02. The Morgan fingerprint density at radius 2 is 1.80 bits per heavy atom. The van der Waals surface area contributed by atoms with Crippen LogP contribution in [0.1, 0.15) is 21.5 Å². The van der Waals surface area contributed by atoms with E-state index in [1.54, 1.807) is 18.2 Å². The predicted octanol–water partition coefficient (Wildman–Crippen LogP) is 3.96. The van der Waals surface area contributed by atoms with Gasteiger partial charge in [-0.25, -0.2) is 0 Å². The SMILES string of the molecule is Cc1ccc(O)c(/C=C/C(=O)c2cc(Cl)ccc2O)c1. The largest absolute Gasteiger partial charge is 0.507 e. The maximum absolute atomic E-state index is 12.0. The van der Waals surface area contributed by atoms with E-state index < -0.39 is 0 Å². The van der Waals surface area contributed by atoms with Gasteiger partial charge in [0.1, 0.15) is 11.5 Å². The number of halogens is 1. The number of phenols is 2. The van der Waals surface area contributed by atoms with E-state index in [9.17, 15) is 15.0 Å². The first-order valence-electron chi connectivity index (χ1n) is 5.98. The van der Waals surface area contributed by atoms with Crippen LogP contribution in [0, 0.1) is 6.92 Å². The molecule has 0 spiro atoms. The maximum Gasteiger partial charge on any atom is 0.189 e. The molecule has 2 aromatic carbocycles. The van der Waals surface area contributed by atoms with Crippen LogP contribution in [0.4, 0.5) is 0 Å². The summed E-state index contributed by atoms with van der Waals surface area (Å²) in [6, 6.07) is 9.38. The quantitative estimate of drug-likeness (QED) is 0.664. The number of aromatic hydroxyl groups is 2. The topological polar surface area (TPSA) is 57.5 Å². The number of phenolic OH excluding ortho intramolecular Hbond substituents is 2. The van der Waals surface area contributed by atoms with E-state index in [1.807, 2.05) is 6.92 Å². The molecule has 0 bridgehead atoms. The second-order valence-corrected chi connectivity index (χ2v) is 4.86. The highest BCUT2D eigenvalue weighted by Crippen LogP contribution is 2.24. The molecule has 3 nitrogen and oxygen atoms in total. The molecular formula is C16H13ClO3. The third kappa shape index (κ3) is 3.19.